The molecular formula is C11H14ClNO3S. The molecule has 1 saturated heterocycles. The maximum absolute atomic E-state index is 12.1. The van der Waals surface area contributed by atoms with E-state index in [2.05, 4.69) is 0 Å². The molecule has 1 aromatic carbocycles. The molecule has 0 spiro atoms. The van der Waals surface area contributed by atoms with Gasteiger partial charge in [-0.15, -0.1) is 0 Å². The molecular weight excluding hydrogens is 262 g/mol. The second-order valence-corrected chi connectivity index (χ2v) is 6.61. The highest BCUT2D eigenvalue weighted by atomic mass is 35.5. The van der Waals surface area contributed by atoms with Crippen molar-refractivity contribution < 1.29 is 13.2 Å². The summed E-state index contributed by atoms with van der Waals surface area (Å²) >= 11 is 5.91. The van der Waals surface area contributed by atoms with Crippen molar-refractivity contribution in [2.24, 2.45) is 5.92 Å². The monoisotopic (exact) mass is 275 g/mol. The zero-order valence-corrected chi connectivity index (χ0v) is 10.8. The Morgan fingerprint density at radius 3 is 2.82 bits per heavy atom. The van der Waals surface area contributed by atoms with Gasteiger partial charge in [0.2, 0.25) is 0 Å². The fourth-order valence-corrected chi connectivity index (χ4v) is 4.12. The highest BCUT2D eigenvalue weighted by Crippen LogP contribution is 2.27. The summed E-state index contributed by atoms with van der Waals surface area (Å²) in [6.45, 7) is 1.14. The fraction of sp³-hybridized carbons (Fsp3) is 0.455. The lowest BCUT2D eigenvalue weighted by Gasteiger charge is -2.10. The minimum atomic E-state index is -3.36. The van der Waals surface area contributed by atoms with Crippen LogP contribution in [-0.2, 0) is 14.6 Å². The first-order valence-electron chi connectivity index (χ1n) is 5.34. The van der Waals surface area contributed by atoms with Crippen LogP contribution in [-0.4, -0.2) is 27.4 Å². The van der Waals surface area contributed by atoms with E-state index in [1.54, 1.807) is 6.07 Å². The summed E-state index contributed by atoms with van der Waals surface area (Å²) in [4.78, 5) is 0.153. The Labute approximate surface area is 106 Å². The molecule has 0 aliphatic carbocycles. The molecule has 0 bridgehead atoms. The normalized spacial score (nSPS) is 20.6. The van der Waals surface area contributed by atoms with E-state index in [4.69, 9.17) is 22.1 Å². The van der Waals surface area contributed by atoms with Gasteiger partial charge in [0, 0.05) is 12.3 Å². The van der Waals surface area contributed by atoms with Crippen molar-refractivity contribution in [2.45, 2.75) is 11.3 Å². The molecule has 94 valence electrons. The molecule has 0 radical (unpaired) electrons. The van der Waals surface area contributed by atoms with Gasteiger partial charge in [0.15, 0.2) is 9.84 Å². The van der Waals surface area contributed by atoms with Crippen molar-refractivity contribution in [1.82, 2.24) is 0 Å². The first-order valence-corrected chi connectivity index (χ1v) is 7.37. The van der Waals surface area contributed by atoms with Gasteiger partial charge in [-0.1, -0.05) is 11.6 Å². The summed E-state index contributed by atoms with van der Waals surface area (Å²) in [5, 5.41) is 0.184. The molecule has 17 heavy (non-hydrogen) atoms. The number of nitrogens with two attached hydrogens (primary N) is 1. The maximum Gasteiger partial charge on any atom is 0.180 e. The molecule has 1 fully saturated rings. The highest BCUT2D eigenvalue weighted by molar-refractivity contribution is 7.91. The van der Waals surface area contributed by atoms with E-state index < -0.39 is 9.84 Å². The summed E-state index contributed by atoms with van der Waals surface area (Å²) in [5.74, 6) is 0.144. The maximum atomic E-state index is 12.1. The smallest absolute Gasteiger partial charge is 0.180 e. The lowest BCUT2D eigenvalue weighted by molar-refractivity contribution is 0.188. The molecule has 0 aromatic heterocycles. The molecule has 1 aliphatic rings. The van der Waals surface area contributed by atoms with Crippen LogP contribution in [0.2, 0.25) is 5.02 Å². The van der Waals surface area contributed by atoms with Gasteiger partial charge in [0.25, 0.3) is 0 Å². The summed E-state index contributed by atoms with van der Waals surface area (Å²) in [5.41, 5.74) is 5.99. The van der Waals surface area contributed by atoms with Crippen LogP contribution in [0.25, 0.3) is 0 Å². The number of ether oxygens (including phenoxy) is 1. The summed E-state index contributed by atoms with van der Waals surface area (Å²) < 4.78 is 29.4. The van der Waals surface area contributed by atoms with Crippen LogP contribution >= 0.6 is 11.6 Å². The predicted octanol–water partition coefficient (Wildman–Crippen LogP) is 1.73. The van der Waals surface area contributed by atoms with Gasteiger partial charge in [-0.05, 0) is 30.5 Å². The number of hydrogen-bond donors (Lipinski definition) is 1. The molecule has 4 nitrogen and oxygen atoms in total. The van der Waals surface area contributed by atoms with Crippen LogP contribution in [0.1, 0.15) is 6.42 Å². The first-order chi connectivity index (χ1) is 7.99. The Morgan fingerprint density at radius 2 is 2.24 bits per heavy atom. The van der Waals surface area contributed by atoms with Crippen molar-refractivity contribution >= 4 is 27.1 Å². The summed E-state index contributed by atoms with van der Waals surface area (Å²) in [6, 6.07) is 4.46. The van der Waals surface area contributed by atoms with Crippen LogP contribution in [0.15, 0.2) is 23.1 Å². The van der Waals surface area contributed by atoms with Gasteiger partial charge in [0.05, 0.1) is 22.3 Å². The summed E-state index contributed by atoms with van der Waals surface area (Å²) in [7, 11) is -3.36. The molecule has 1 aromatic rings. The molecule has 1 unspecified atom stereocenters. The van der Waals surface area contributed by atoms with E-state index in [0.717, 1.165) is 6.42 Å². The summed E-state index contributed by atoms with van der Waals surface area (Å²) in [6.07, 6.45) is 0.784. The second-order valence-electron chi connectivity index (χ2n) is 4.20. The van der Waals surface area contributed by atoms with E-state index in [1.807, 2.05) is 0 Å². The Hall–Kier alpha value is -0.780. The third-order valence-corrected chi connectivity index (χ3v) is 5.13. The Morgan fingerprint density at radius 1 is 1.47 bits per heavy atom. The Balaban J connectivity index is 2.24. The van der Waals surface area contributed by atoms with E-state index in [1.165, 1.54) is 12.1 Å². The first kappa shape index (κ1) is 12.7. The molecule has 6 heteroatoms. The fourth-order valence-electron chi connectivity index (χ4n) is 1.88. The van der Waals surface area contributed by atoms with E-state index in [9.17, 15) is 8.42 Å². The molecule has 2 rings (SSSR count). The zero-order chi connectivity index (χ0) is 12.5. The zero-order valence-electron chi connectivity index (χ0n) is 9.23. The molecule has 1 atom stereocenters. The van der Waals surface area contributed by atoms with E-state index in [0.29, 0.717) is 18.9 Å². The van der Waals surface area contributed by atoms with Gasteiger partial charge >= 0.3 is 0 Å². The number of anilines is 1. The average molecular weight is 276 g/mol. The van der Waals surface area contributed by atoms with E-state index >= 15 is 0 Å². The molecule has 0 saturated carbocycles. The lowest BCUT2D eigenvalue weighted by atomic mass is 10.2. The number of rotatable bonds is 3. The van der Waals surface area contributed by atoms with Crippen molar-refractivity contribution in [3.63, 3.8) is 0 Å². The quantitative estimate of drug-likeness (QED) is 0.853. The van der Waals surface area contributed by atoms with E-state index in [-0.39, 0.29) is 21.6 Å². The SMILES string of the molecule is Nc1ccc(S(=O)(=O)CC2CCOC2)c(Cl)c1. The Kier molecular flexibility index (Phi) is 3.61. The van der Waals surface area contributed by atoms with Crippen molar-refractivity contribution in [1.29, 1.82) is 0 Å². The van der Waals surface area contributed by atoms with Crippen LogP contribution in [0.4, 0.5) is 5.69 Å². The standard InChI is InChI=1S/C11H14ClNO3S/c12-10-5-9(13)1-2-11(10)17(14,15)7-8-3-4-16-6-8/h1-2,5,8H,3-4,6-7,13H2. The predicted molar refractivity (Wildman–Crippen MR) is 66.8 cm³/mol. The number of halogens is 1. The van der Waals surface area contributed by atoms with Gasteiger partial charge in [0.1, 0.15) is 0 Å². The molecule has 1 aliphatic heterocycles. The third-order valence-electron chi connectivity index (χ3n) is 2.77. The lowest BCUT2D eigenvalue weighted by Crippen LogP contribution is -2.17. The van der Waals surface area contributed by atoms with Crippen molar-refractivity contribution in [3.8, 4) is 0 Å². The molecule has 2 N–H and O–H groups in total. The van der Waals surface area contributed by atoms with Crippen molar-refractivity contribution in [3.05, 3.63) is 23.2 Å². The van der Waals surface area contributed by atoms with Crippen LogP contribution < -0.4 is 5.73 Å². The highest BCUT2D eigenvalue weighted by Gasteiger charge is 2.26. The number of benzene rings is 1. The van der Waals surface area contributed by atoms with Gasteiger partial charge in [-0.25, -0.2) is 8.42 Å². The number of nitrogen functional groups attached to an aromatic ring is 1. The molecule has 0 amide bonds. The van der Waals surface area contributed by atoms with Gasteiger partial charge in [-0.2, -0.15) is 0 Å². The Bertz CT molecular complexity index is 509. The van der Waals surface area contributed by atoms with Crippen LogP contribution in [0.5, 0.6) is 0 Å². The second kappa shape index (κ2) is 4.84. The minimum Gasteiger partial charge on any atom is -0.399 e. The third kappa shape index (κ3) is 2.91. The minimum absolute atomic E-state index is 0.0635. The topological polar surface area (TPSA) is 69.4 Å². The number of hydrogen-bond acceptors (Lipinski definition) is 4. The number of sulfone groups is 1. The van der Waals surface area contributed by atoms with Crippen LogP contribution in [0, 0.1) is 5.92 Å². The largest absolute Gasteiger partial charge is 0.399 e. The van der Waals surface area contributed by atoms with Crippen molar-refractivity contribution in [2.75, 3.05) is 24.7 Å². The van der Waals surface area contributed by atoms with Crippen LogP contribution in [0.3, 0.4) is 0 Å². The molecule has 1 heterocycles. The average Bonchev–Trinajstić information content (AvgIpc) is 2.68. The van der Waals surface area contributed by atoms with Gasteiger partial charge < -0.3 is 10.5 Å². The van der Waals surface area contributed by atoms with Gasteiger partial charge in [-0.3, -0.25) is 0 Å².